The number of rotatable bonds is 3. The summed E-state index contributed by atoms with van der Waals surface area (Å²) in [6.45, 7) is 5.29. The van der Waals surface area contributed by atoms with E-state index in [9.17, 15) is 4.79 Å². The summed E-state index contributed by atoms with van der Waals surface area (Å²) in [6.07, 6.45) is 0. The van der Waals surface area contributed by atoms with Crippen molar-refractivity contribution in [3.8, 4) is 11.4 Å². The van der Waals surface area contributed by atoms with Crippen LogP contribution in [0.15, 0.2) is 109 Å². The third-order valence-electron chi connectivity index (χ3n) is 6.20. The fourth-order valence-corrected chi connectivity index (χ4v) is 4.68. The molecule has 0 aliphatic heterocycles. The van der Waals surface area contributed by atoms with E-state index in [1.807, 2.05) is 24.3 Å². The van der Waals surface area contributed by atoms with Gasteiger partial charge in [-0.05, 0) is 64.9 Å². The Bertz CT molecular complexity index is 1630. The van der Waals surface area contributed by atoms with E-state index in [2.05, 4.69) is 83.9 Å². The zero-order chi connectivity index (χ0) is 22.5. The number of nitrogens with zero attached hydrogens (tertiary/aromatic N) is 1. The fourth-order valence-electron chi connectivity index (χ4n) is 4.68. The lowest BCUT2D eigenvalue weighted by molar-refractivity contribution is -0.130. The Morgan fingerprint density at radius 2 is 1.21 bits per heavy atom. The lowest BCUT2D eigenvalue weighted by Gasteiger charge is -2.10. The van der Waals surface area contributed by atoms with Crippen LogP contribution >= 0.6 is 0 Å². The first-order chi connectivity index (χ1) is 16.1. The molecule has 3 heteroatoms. The molecule has 0 radical (unpaired) electrons. The van der Waals surface area contributed by atoms with Crippen LogP contribution in [-0.4, -0.2) is 10.5 Å². The predicted octanol–water partition coefficient (Wildman–Crippen LogP) is 7.57. The smallest absolute Gasteiger partial charge is 0.338 e. The van der Waals surface area contributed by atoms with Gasteiger partial charge in [0.25, 0.3) is 0 Å². The summed E-state index contributed by atoms with van der Waals surface area (Å²) < 4.78 is 7.68. The van der Waals surface area contributed by atoms with Gasteiger partial charge in [0.1, 0.15) is 5.75 Å². The van der Waals surface area contributed by atoms with Gasteiger partial charge in [-0.3, -0.25) is 0 Å². The summed E-state index contributed by atoms with van der Waals surface area (Å²) in [7, 11) is 0. The van der Waals surface area contributed by atoms with Gasteiger partial charge >= 0.3 is 5.97 Å². The first kappa shape index (κ1) is 19.3. The molecule has 0 aliphatic rings. The van der Waals surface area contributed by atoms with Crippen molar-refractivity contribution in [3.05, 3.63) is 109 Å². The maximum absolute atomic E-state index is 11.9. The summed E-state index contributed by atoms with van der Waals surface area (Å²) in [5.74, 6) is 0.0842. The van der Waals surface area contributed by atoms with Crippen LogP contribution in [-0.2, 0) is 4.79 Å². The number of carbonyl (C=O) groups excluding carboxylic acids is 1. The van der Waals surface area contributed by atoms with Gasteiger partial charge in [-0.15, -0.1) is 0 Å². The van der Waals surface area contributed by atoms with Crippen molar-refractivity contribution in [3.63, 3.8) is 0 Å². The van der Waals surface area contributed by atoms with Crippen molar-refractivity contribution in [2.45, 2.75) is 6.92 Å². The minimum atomic E-state index is -0.419. The van der Waals surface area contributed by atoms with Gasteiger partial charge in [0, 0.05) is 22.0 Å². The number of hydrogen-bond acceptors (Lipinski definition) is 2. The fraction of sp³-hybridized carbons (Fsp3) is 0.0333. The van der Waals surface area contributed by atoms with Gasteiger partial charge in [-0.25, -0.2) is 4.79 Å². The average Bonchev–Trinajstić information content (AvgIpc) is 3.20. The maximum atomic E-state index is 11.9. The number of aromatic nitrogens is 1. The third-order valence-corrected chi connectivity index (χ3v) is 6.20. The molecule has 0 spiro atoms. The minimum absolute atomic E-state index is 0.375. The van der Waals surface area contributed by atoms with E-state index in [1.165, 1.54) is 32.3 Å². The van der Waals surface area contributed by atoms with E-state index >= 15 is 0 Å². The SMILES string of the molecule is C=C(C)C(=O)Oc1ccc(-n2c3ccc4ccccc4c3c3c4ccccc4ccc32)cc1. The topological polar surface area (TPSA) is 31.2 Å². The van der Waals surface area contributed by atoms with Gasteiger partial charge in [0.05, 0.1) is 11.0 Å². The quantitative estimate of drug-likeness (QED) is 0.166. The molecule has 0 aliphatic carbocycles. The number of ether oxygens (including phenoxy) is 1. The van der Waals surface area contributed by atoms with Gasteiger partial charge in [-0.1, -0.05) is 67.2 Å². The van der Waals surface area contributed by atoms with Crippen LogP contribution in [0.5, 0.6) is 5.75 Å². The molecule has 0 atom stereocenters. The molecule has 0 unspecified atom stereocenters. The Kier molecular flexibility index (Phi) is 4.30. The molecule has 5 aromatic carbocycles. The highest BCUT2D eigenvalue weighted by Gasteiger charge is 2.17. The summed E-state index contributed by atoms with van der Waals surface area (Å²) in [6, 6.07) is 33.5. The molecule has 0 N–H and O–H groups in total. The Hall–Kier alpha value is -4.37. The molecule has 0 saturated carbocycles. The number of hydrogen-bond donors (Lipinski definition) is 0. The average molecular weight is 428 g/mol. The number of carbonyl (C=O) groups is 1. The number of esters is 1. The van der Waals surface area contributed by atoms with Crippen LogP contribution < -0.4 is 4.74 Å². The molecule has 0 saturated heterocycles. The van der Waals surface area contributed by atoms with Crippen LogP contribution in [0.1, 0.15) is 6.92 Å². The molecular formula is C30H21NO2. The zero-order valence-electron chi connectivity index (χ0n) is 18.2. The summed E-state index contributed by atoms with van der Waals surface area (Å²) in [4.78, 5) is 11.9. The molecule has 6 aromatic rings. The van der Waals surface area contributed by atoms with E-state index < -0.39 is 5.97 Å². The Morgan fingerprint density at radius 3 is 1.73 bits per heavy atom. The van der Waals surface area contributed by atoms with Gasteiger partial charge < -0.3 is 9.30 Å². The monoisotopic (exact) mass is 427 g/mol. The number of fused-ring (bicyclic) bond motifs is 7. The van der Waals surface area contributed by atoms with Crippen molar-refractivity contribution in [2.24, 2.45) is 0 Å². The van der Waals surface area contributed by atoms with E-state index in [0.29, 0.717) is 11.3 Å². The van der Waals surface area contributed by atoms with Crippen LogP contribution in [0.2, 0.25) is 0 Å². The largest absolute Gasteiger partial charge is 0.423 e. The molecular weight excluding hydrogens is 406 g/mol. The van der Waals surface area contributed by atoms with Crippen LogP contribution in [0.4, 0.5) is 0 Å². The lowest BCUT2D eigenvalue weighted by atomic mass is 10.00. The molecule has 0 amide bonds. The summed E-state index contributed by atoms with van der Waals surface area (Å²) >= 11 is 0. The predicted molar refractivity (Wildman–Crippen MR) is 136 cm³/mol. The molecule has 33 heavy (non-hydrogen) atoms. The second kappa shape index (κ2) is 7.35. The third kappa shape index (κ3) is 3.01. The molecule has 0 fully saturated rings. The minimum Gasteiger partial charge on any atom is -0.423 e. The molecule has 0 bridgehead atoms. The first-order valence-electron chi connectivity index (χ1n) is 10.9. The normalized spacial score (nSPS) is 11.4. The standard InChI is InChI=1S/C30H21NO2/c1-19(2)30(32)33-23-15-13-22(14-16-23)31-26-17-11-20-7-3-5-9-24(20)28(26)29-25-10-6-4-8-21(25)12-18-27(29)31/h3-18H,1H2,2H3. The summed E-state index contributed by atoms with van der Waals surface area (Å²) in [5, 5.41) is 7.41. The summed E-state index contributed by atoms with van der Waals surface area (Å²) in [5.41, 5.74) is 3.68. The van der Waals surface area contributed by atoms with E-state index in [4.69, 9.17) is 4.74 Å². The van der Waals surface area contributed by atoms with E-state index in [-0.39, 0.29) is 0 Å². The first-order valence-corrected chi connectivity index (χ1v) is 10.9. The Balaban J connectivity index is 1.67. The maximum Gasteiger partial charge on any atom is 0.338 e. The Labute approximate surface area is 191 Å². The van der Waals surface area contributed by atoms with Crippen LogP contribution in [0.3, 0.4) is 0 Å². The van der Waals surface area contributed by atoms with Gasteiger partial charge in [0.2, 0.25) is 0 Å². The molecule has 1 aromatic heterocycles. The van der Waals surface area contributed by atoms with Crippen molar-refractivity contribution in [1.29, 1.82) is 0 Å². The molecule has 6 rings (SSSR count). The lowest BCUT2D eigenvalue weighted by Crippen LogP contribution is -2.08. The Morgan fingerprint density at radius 1 is 0.697 bits per heavy atom. The number of benzene rings is 5. The van der Waals surface area contributed by atoms with Crippen molar-refractivity contribution in [2.75, 3.05) is 0 Å². The van der Waals surface area contributed by atoms with Crippen LogP contribution in [0, 0.1) is 0 Å². The highest BCUT2D eigenvalue weighted by molar-refractivity contribution is 6.28. The van der Waals surface area contributed by atoms with E-state index in [0.717, 1.165) is 16.7 Å². The van der Waals surface area contributed by atoms with Gasteiger partial charge in [0.15, 0.2) is 0 Å². The highest BCUT2D eigenvalue weighted by Crippen LogP contribution is 2.40. The second-order valence-electron chi connectivity index (χ2n) is 8.36. The van der Waals surface area contributed by atoms with Crippen molar-refractivity contribution >= 4 is 49.3 Å². The van der Waals surface area contributed by atoms with Crippen molar-refractivity contribution in [1.82, 2.24) is 4.57 Å². The molecule has 3 nitrogen and oxygen atoms in total. The molecule has 158 valence electrons. The zero-order valence-corrected chi connectivity index (χ0v) is 18.2. The highest BCUT2D eigenvalue weighted by atomic mass is 16.5. The molecule has 1 heterocycles. The van der Waals surface area contributed by atoms with E-state index in [1.54, 1.807) is 6.92 Å². The van der Waals surface area contributed by atoms with Crippen LogP contribution in [0.25, 0.3) is 49.0 Å². The van der Waals surface area contributed by atoms with Crippen molar-refractivity contribution < 1.29 is 9.53 Å². The van der Waals surface area contributed by atoms with Gasteiger partial charge in [-0.2, -0.15) is 0 Å². The second-order valence-corrected chi connectivity index (χ2v) is 8.36.